The summed E-state index contributed by atoms with van der Waals surface area (Å²) in [4.78, 5) is 0. The molecule has 0 spiro atoms. The fourth-order valence-corrected chi connectivity index (χ4v) is 4.35. The highest BCUT2D eigenvalue weighted by Crippen LogP contribution is 2.48. The van der Waals surface area contributed by atoms with Crippen LogP contribution in [0.2, 0.25) is 0 Å². The molecule has 106 valence electrons. The van der Waals surface area contributed by atoms with Gasteiger partial charge in [0.1, 0.15) is 0 Å². The number of nitrogens with one attached hydrogen (secondary N) is 1. The predicted molar refractivity (Wildman–Crippen MR) is 79.7 cm³/mol. The van der Waals surface area contributed by atoms with Gasteiger partial charge in [-0.1, -0.05) is 46.5 Å². The SMILES string of the molecule is CCCNCC1CCC(C)(C)CC1C1CCCC1. The van der Waals surface area contributed by atoms with Crippen LogP contribution in [0.15, 0.2) is 0 Å². The molecule has 0 amide bonds. The fraction of sp³-hybridized carbons (Fsp3) is 1.00. The molecule has 2 rings (SSSR count). The van der Waals surface area contributed by atoms with Gasteiger partial charge in [0.05, 0.1) is 0 Å². The number of rotatable bonds is 5. The van der Waals surface area contributed by atoms with Crippen LogP contribution in [0.3, 0.4) is 0 Å². The van der Waals surface area contributed by atoms with Crippen molar-refractivity contribution >= 4 is 0 Å². The highest BCUT2D eigenvalue weighted by Gasteiger charge is 2.39. The molecule has 0 aromatic heterocycles. The largest absolute Gasteiger partial charge is 0.316 e. The number of hydrogen-bond acceptors (Lipinski definition) is 1. The van der Waals surface area contributed by atoms with Crippen LogP contribution in [0, 0.1) is 23.2 Å². The molecule has 0 aromatic carbocycles. The van der Waals surface area contributed by atoms with Crippen molar-refractivity contribution in [2.45, 2.75) is 72.1 Å². The zero-order valence-electron chi connectivity index (χ0n) is 12.8. The minimum atomic E-state index is 0.606. The Balaban J connectivity index is 1.92. The van der Waals surface area contributed by atoms with Gasteiger partial charge < -0.3 is 5.32 Å². The van der Waals surface area contributed by atoms with Crippen molar-refractivity contribution in [3.05, 3.63) is 0 Å². The first kappa shape index (κ1) is 14.4. The van der Waals surface area contributed by atoms with Gasteiger partial charge in [0.2, 0.25) is 0 Å². The topological polar surface area (TPSA) is 12.0 Å². The van der Waals surface area contributed by atoms with E-state index in [4.69, 9.17) is 0 Å². The Kier molecular flexibility index (Phi) is 5.12. The van der Waals surface area contributed by atoms with E-state index >= 15 is 0 Å². The fourth-order valence-electron chi connectivity index (χ4n) is 4.35. The minimum absolute atomic E-state index is 0.606. The van der Waals surface area contributed by atoms with E-state index in [1.165, 1.54) is 64.5 Å². The second-order valence-corrected chi connectivity index (χ2v) is 7.58. The maximum absolute atomic E-state index is 3.69. The lowest BCUT2D eigenvalue weighted by Gasteiger charge is -2.44. The van der Waals surface area contributed by atoms with Crippen LogP contribution in [0.4, 0.5) is 0 Å². The molecule has 2 aliphatic carbocycles. The summed E-state index contributed by atoms with van der Waals surface area (Å²) in [5.74, 6) is 3.03. The standard InChI is InChI=1S/C17H33N/c1-4-11-18-13-15-9-10-17(2,3)12-16(15)14-7-5-6-8-14/h14-16,18H,4-13H2,1-3H3. The third kappa shape index (κ3) is 3.73. The molecule has 2 saturated carbocycles. The summed E-state index contributed by atoms with van der Waals surface area (Å²) in [5.41, 5.74) is 0.606. The smallest absolute Gasteiger partial charge is 0.00178 e. The first-order valence-corrected chi connectivity index (χ1v) is 8.33. The molecular formula is C17H33N. The van der Waals surface area contributed by atoms with E-state index in [1.807, 2.05) is 0 Å². The molecule has 0 aliphatic heterocycles. The highest BCUT2D eigenvalue weighted by atomic mass is 14.9. The van der Waals surface area contributed by atoms with Crippen LogP contribution < -0.4 is 5.32 Å². The van der Waals surface area contributed by atoms with Gasteiger partial charge in [0.25, 0.3) is 0 Å². The molecule has 1 N–H and O–H groups in total. The van der Waals surface area contributed by atoms with Gasteiger partial charge in [-0.3, -0.25) is 0 Å². The predicted octanol–water partition coefficient (Wildman–Crippen LogP) is 4.62. The first-order chi connectivity index (χ1) is 8.62. The van der Waals surface area contributed by atoms with Gasteiger partial charge in [-0.15, -0.1) is 0 Å². The monoisotopic (exact) mass is 251 g/mol. The van der Waals surface area contributed by atoms with Gasteiger partial charge in [0, 0.05) is 0 Å². The molecule has 18 heavy (non-hydrogen) atoms. The maximum Gasteiger partial charge on any atom is -0.00178 e. The van der Waals surface area contributed by atoms with E-state index in [2.05, 4.69) is 26.1 Å². The van der Waals surface area contributed by atoms with Crippen molar-refractivity contribution in [1.29, 1.82) is 0 Å². The van der Waals surface area contributed by atoms with Crippen molar-refractivity contribution < 1.29 is 0 Å². The summed E-state index contributed by atoms with van der Waals surface area (Å²) in [6.07, 6.45) is 11.7. The summed E-state index contributed by atoms with van der Waals surface area (Å²) in [6.45, 7) is 9.74. The van der Waals surface area contributed by atoms with Crippen molar-refractivity contribution in [1.82, 2.24) is 5.32 Å². The Morgan fingerprint density at radius 3 is 2.50 bits per heavy atom. The normalized spacial score (nSPS) is 32.8. The van der Waals surface area contributed by atoms with Crippen molar-refractivity contribution in [2.75, 3.05) is 13.1 Å². The summed E-state index contributed by atoms with van der Waals surface area (Å²) >= 11 is 0. The second kappa shape index (κ2) is 6.41. The van der Waals surface area contributed by atoms with Gasteiger partial charge >= 0.3 is 0 Å². The first-order valence-electron chi connectivity index (χ1n) is 8.33. The molecule has 2 atom stereocenters. The quantitative estimate of drug-likeness (QED) is 0.703. The Labute approximate surface area is 114 Å². The molecular weight excluding hydrogens is 218 g/mol. The van der Waals surface area contributed by atoms with Crippen LogP contribution in [-0.4, -0.2) is 13.1 Å². The summed E-state index contributed by atoms with van der Waals surface area (Å²) in [7, 11) is 0. The van der Waals surface area contributed by atoms with Crippen molar-refractivity contribution in [3.8, 4) is 0 Å². The zero-order valence-corrected chi connectivity index (χ0v) is 12.8. The lowest BCUT2D eigenvalue weighted by molar-refractivity contribution is 0.0748. The van der Waals surface area contributed by atoms with Crippen LogP contribution in [0.1, 0.15) is 72.1 Å². The molecule has 0 bridgehead atoms. The van der Waals surface area contributed by atoms with Crippen LogP contribution >= 0.6 is 0 Å². The Morgan fingerprint density at radius 2 is 1.83 bits per heavy atom. The summed E-state index contributed by atoms with van der Waals surface area (Å²) in [5, 5.41) is 3.69. The lowest BCUT2D eigenvalue weighted by atomic mass is 9.63. The van der Waals surface area contributed by atoms with E-state index in [0.717, 1.165) is 17.8 Å². The molecule has 2 unspecified atom stereocenters. The van der Waals surface area contributed by atoms with E-state index < -0.39 is 0 Å². The summed E-state index contributed by atoms with van der Waals surface area (Å²) < 4.78 is 0. The lowest BCUT2D eigenvalue weighted by Crippen LogP contribution is -2.39. The maximum atomic E-state index is 3.69. The number of hydrogen-bond donors (Lipinski definition) is 1. The molecule has 0 saturated heterocycles. The third-order valence-electron chi connectivity index (χ3n) is 5.42. The minimum Gasteiger partial charge on any atom is -0.316 e. The van der Waals surface area contributed by atoms with Crippen LogP contribution in [0.25, 0.3) is 0 Å². The van der Waals surface area contributed by atoms with Crippen LogP contribution in [-0.2, 0) is 0 Å². The van der Waals surface area contributed by atoms with Crippen LogP contribution in [0.5, 0.6) is 0 Å². The molecule has 0 radical (unpaired) electrons. The molecule has 0 aromatic rings. The van der Waals surface area contributed by atoms with E-state index in [9.17, 15) is 0 Å². The average molecular weight is 251 g/mol. The van der Waals surface area contributed by atoms with Crippen molar-refractivity contribution in [2.24, 2.45) is 23.2 Å². The Bertz CT molecular complexity index is 240. The Hall–Kier alpha value is -0.0400. The highest BCUT2D eigenvalue weighted by molar-refractivity contribution is 4.90. The molecule has 0 heterocycles. The Morgan fingerprint density at radius 1 is 1.11 bits per heavy atom. The molecule has 2 aliphatic rings. The second-order valence-electron chi connectivity index (χ2n) is 7.58. The average Bonchev–Trinajstić information content (AvgIpc) is 2.84. The van der Waals surface area contributed by atoms with E-state index in [0.29, 0.717) is 5.41 Å². The molecule has 1 nitrogen and oxygen atoms in total. The summed E-state index contributed by atoms with van der Waals surface area (Å²) in [6, 6.07) is 0. The van der Waals surface area contributed by atoms with Gasteiger partial charge in [-0.25, -0.2) is 0 Å². The van der Waals surface area contributed by atoms with Gasteiger partial charge in [-0.2, -0.15) is 0 Å². The zero-order chi connectivity index (χ0) is 13.0. The molecule has 2 fully saturated rings. The van der Waals surface area contributed by atoms with Gasteiger partial charge in [0.15, 0.2) is 0 Å². The van der Waals surface area contributed by atoms with Gasteiger partial charge in [-0.05, 0) is 61.9 Å². The van der Waals surface area contributed by atoms with E-state index in [1.54, 1.807) is 0 Å². The molecule has 1 heteroatoms. The van der Waals surface area contributed by atoms with E-state index in [-0.39, 0.29) is 0 Å². The third-order valence-corrected chi connectivity index (χ3v) is 5.42. The van der Waals surface area contributed by atoms with Crippen molar-refractivity contribution in [3.63, 3.8) is 0 Å².